The Kier molecular flexibility index (Phi) is 6.87. The van der Waals surface area contributed by atoms with E-state index in [-0.39, 0.29) is 42.1 Å². The number of aromatic nitrogens is 2. The van der Waals surface area contributed by atoms with E-state index < -0.39 is 38.4 Å². The second kappa shape index (κ2) is 9.57. The van der Waals surface area contributed by atoms with Gasteiger partial charge < -0.3 is 10.3 Å². The summed E-state index contributed by atoms with van der Waals surface area (Å²) in [6.45, 7) is 0. The molecule has 0 aliphatic carbocycles. The number of thiophene rings is 1. The van der Waals surface area contributed by atoms with E-state index in [2.05, 4.69) is 10.3 Å². The highest BCUT2D eigenvalue weighted by atomic mass is 35.5. The van der Waals surface area contributed by atoms with Crippen molar-refractivity contribution in [2.24, 2.45) is 0 Å². The maximum atomic E-state index is 15.0. The number of carbonyl (C=O) groups is 1. The lowest BCUT2D eigenvalue weighted by Crippen LogP contribution is -2.34. The third kappa shape index (κ3) is 5.03. The molecular formula is C22H16Cl2FN3O5S2. The SMILES string of the molecule is CNc1cc2[nH]c(=O)n(-c3ccc(CC(=O)CS(=O)(=O)c4ccc(Cl)s4)cc3F)c(=O)c2cc1Cl. The number of H-pyrrole nitrogens is 1. The van der Waals surface area contributed by atoms with Gasteiger partial charge in [-0.15, -0.1) is 11.3 Å². The summed E-state index contributed by atoms with van der Waals surface area (Å²) < 4.78 is 40.6. The van der Waals surface area contributed by atoms with Crippen LogP contribution in [-0.4, -0.2) is 36.6 Å². The van der Waals surface area contributed by atoms with E-state index >= 15 is 0 Å². The zero-order valence-electron chi connectivity index (χ0n) is 17.9. The molecule has 2 N–H and O–H groups in total. The fourth-order valence-corrected chi connectivity index (χ4v) is 6.59. The van der Waals surface area contributed by atoms with Gasteiger partial charge in [0.1, 0.15) is 15.8 Å². The van der Waals surface area contributed by atoms with Gasteiger partial charge in [0, 0.05) is 13.5 Å². The van der Waals surface area contributed by atoms with Crippen molar-refractivity contribution in [3.05, 3.63) is 84.0 Å². The number of carbonyl (C=O) groups excluding carboxylic acids is 1. The van der Waals surface area contributed by atoms with E-state index in [1.807, 2.05) is 0 Å². The van der Waals surface area contributed by atoms with E-state index in [9.17, 15) is 27.2 Å². The average Bonchev–Trinajstić information content (AvgIpc) is 3.22. The first-order chi connectivity index (χ1) is 16.5. The fourth-order valence-electron chi connectivity index (χ4n) is 3.52. The van der Waals surface area contributed by atoms with Crippen molar-refractivity contribution < 1.29 is 17.6 Å². The highest BCUT2D eigenvalue weighted by Gasteiger charge is 2.22. The number of nitrogens with one attached hydrogen (secondary N) is 2. The smallest absolute Gasteiger partial charge is 0.333 e. The summed E-state index contributed by atoms with van der Waals surface area (Å²) in [6, 6.07) is 9.10. The lowest BCUT2D eigenvalue weighted by molar-refractivity contribution is -0.116. The van der Waals surface area contributed by atoms with E-state index in [1.54, 1.807) is 7.05 Å². The highest BCUT2D eigenvalue weighted by Crippen LogP contribution is 2.27. The number of aromatic amines is 1. The quantitative estimate of drug-likeness (QED) is 0.358. The zero-order valence-corrected chi connectivity index (χ0v) is 21.0. The Bertz CT molecular complexity index is 1710. The lowest BCUT2D eigenvalue weighted by Gasteiger charge is -2.11. The summed E-state index contributed by atoms with van der Waals surface area (Å²) in [7, 11) is -2.25. The topological polar surface area (TPSA) is 118 Å². The van der Waals surface area contributed by atoms with Gasteiger partial charge in [-0.05, 0) is 42.0 Å². The molecule has 2 aromatic carbocycles. The van der Waals surface area contributed by atoms with Crippen molar-refractivity contribution in [3.63, 3.8) is 0 Å². The molecule has 0 atom stereocenters. The zero-order chi connectivity index (χ0) is 25.5. The van der Waals surface area contributed by atoms with Gasteiger partial charge in [-0.3, -0.25) is 9.59 Å². The molecule has 182 valence electrons. The van der Waals surface area contributed by atoms with Crippen LogP contribution in [0.25, 0.3) is 16.6 Å². The molecular weight excluding hydrogens is 540 g/mol. The molecule has 0 fully saturated rings. The molecule has 35 heavy (non-hydrogen) atoms. The van der Waals surface area contributed by atoms with Gasteiger partial charge in [-0.1, -0.05) is 29.3 Å². The predicted octanol–water partition coefficient (Wildman–Crippen LogP) is 3.81. The van der Waals surface area contributed by atoms with Crippen molar-refractivity contribution in [2.75, 3.05) is 18.1 Å². The minimum Gasteiger partial charge on any atom is -0.387 e. The van der Waals surface area contributed by atoms with Gasteiger partial charge in [0.05, 0.1) is 31.6 Å². The van der Waals surface area contributed by atoms with E-state index in [0.29, 0.717) is 10.3 Å². The lowest BCUT2D eigenvalue weighted by atomic mass is 10.1. The molecule has 2 heterocycles. The number of halogens is 3. The number of rotatable bonds is 7. The van der Waals surface area contributed by atoms with Gasteiger partial charge in [0.2, 0.25) is 0 Å². The monoisotopic (exact) mass is 555 g/mol. The first-order valence-corrected chi connectivity index (χ1v) is 13.2. The van der Waals surface area contributed by atoms with Gasteiger partial charge in [0.25, 0.3) is 5.56 Å². The number of Topliss-reactive ketones (excluding diaryl/α,β-unsaturated/α-hetero) is 1. The predicted molar refractivity (Wildman–Crippen MR) is 135 cm³/mol. The summed E-state index contributed by atoms with van der Waals surface area (Å²) in [6.07, 6.45) is -0.360. The minimum absolute atomic E-state index is 0.0331. The van der Waals surface area contributed by atoms with Crippen LogP contribution in [0.3, 0.4) is 0 Å². The van der Waals surface area contributed by atoms with Crippen LogP contribution in [0.5, 0.6) is 0 Å². The van der Waals surface area contributed by atoms with Crippen molar-refractivity contribution >= 4 is 66.7 Å². The van der Waals surface area contributed by atoms with E-state index in [0.717, 1.165) is 17.4 Å². The molecule has 13 heteroatoms. The number of hydrogen-bond donors (Lipinski definition) is 2. The molecule has 4 rings (SSSR count). The number of nitrogens with zero attached hydrogens (tertiary/aromatic N) is 1. The Morgan fingerprint density at radius 2 is 1.89 bits per heavy atom. The van der Waals surface area contributed by atoms with Crippen LogP contribution < -0.4 is 16.6 Å². The average molecular weight is 556 g/mol. The number of ketones is 1. The molecule has 0 saturated carbocycles. The Hall–Kier alpha value is -2.99. The molecule has 0 unspecified atom stereocenters. The molecule has 8 nitrogen and oxygen atoms in total. The van der Waals surface area contributed by atoms with Gasteiger partial charge in [-0.25, -0.2) is 22.2 Å². The molecule has 0 aliphatic rings. The summed E-state index contributed by atoms with van der Waals surface area (Å²) in [5.74, 6) is -2.36. The number of fused-ring (bicyclic) bond motifs is 1. The van der Waals surface area contributed by atoms with Crippen LogP contribution in [0.15, 0.2) is 56.3 Å². The molecule has 0 amide bonds. The third-order valence-corrected chi connectivity index (χ3v) is 8.92. The van der Waals surface area contributed by atoms with Crippen LogP contribution in [0.4, 0.5) is 10.1 Å². The Morgan fingerprint density at radius 1 is 1.14 bits per heavy atom. The molecule has 4 aromatic rings. The number of benzene rings is 2. The van der Waals surface area contributed by atoms with Crippen LogP contribution >= 0.6 is 34.5 Å². The van der Waals surface area contributed by atoms with E-state index in [1.165, 1.54) is 36.4 Å². The van der Waals surface area contributed by atoms with Crippen LogP contribution in [-0.2, 0) is 21.1 Å². The largest absolute Gasteiger partial charge is 0.387 e. The second-order valence-electron chi connectivity index (χ2n) is 7.52. The standard InChI is InChI=1S/C22H16Cl2FN3O5S2/c1-26-17-9-16-13(8-14(17)23)21(30)28(22(31)27-16)18-3-2-11(7-15(18)25)6-12(29)10-35(32,33)20-5-4-19(24)34-20/h2-5,7-9,26H,6,10H2,1H3,(H,27,31). The molecule has 0 bridgehead atoms. The first-order valence-electron chi connectivity index (χ1n) is 9.95. The normalized spacial score (nSPS) is 11.7. The van der Waals surface area contributed by atoms with Gasteiger partial charge in [0.15, 0.2) is 15.6 Å². The summed E-state index contributed by atoms with van der Waals surface area (Å²) >= 11 is 12.7. The summed E-state index contributed by atoms with van der Waals surface area (Å²) in [5.41, 5.74) is -1.07. The molecule has 0 spiro atoms. The first kappa shape index (κ1) is 25.1. The molecule has 0 saturated heterocycles. The Balaban J connectivity index is 1.64. The summed E-state index contributed by atoms with van der Waals surface area (Å²) in [4.78, 5) is 40.5. The van der Waals surface area contributed by atoms with Crippen LogP contribution in [0.1, 0.15) is 5.56 Å². The van der Waals surface area contributed by atoms with Crippen molar-refractivity contribution in [1.29, 1.82) is 0 Å². The second-order valence-corrected chi connectivity index (χ2v) is 11.9. The molecule has 2 aromatic heterocycles. The minimum atomic E-state index is -3.88. The fraction of sp³-hybridized carbons (Fsp3) is 0.136. The maximum Gasteiger partial charge on any atom is 0.333 e. The maximum absolute atomic E-state index is 15.0. The third-order valence-electron chi connectivity index (χ3n) is 5.12. The Morgan fingerprint density at radius 3 is 2.51 bits per heavy atom. The van der Waals surface area contributed by atoms with Gasteiger partial charge >= 0.3 is 5.69 Å². The number of anilines is 1. The number of sulfone groups is 1. The number of hydrogen-bond acceptors (Lipinski definition) is 7. The Labute approximate surface area is 211 Å². The summed E-state index contributed by atoms with van der Waals surface area (Å²) in [5, 5.41) is 3.15. The highest BCUT2D eigenvalue weighted by molar-refractivity contribution is 7.94. The van der Waals surface area contributed by atoms with Crippen molar-refractivity contribution in [3.8, 4) is 5.69 Å². The van der Waals surface area contributed by atoms with Crippen LogP contribution in [0, 0.1) is 5.82 Å². The van der Waals surface area contributed by atoms with Crippen LogP contribution in [0.2, 0.25) is 9.36 Å². The molecule has 0 radical (unpaired) electrons. The van der Waals surface area contributed by atoms with E-state index in [4.69, 9.17) is 23.2 Å². The van der Waals surface area contributed by atoms with Gasteiger partial charge in [-0.2, -0.15) is 0 Å². The molecule has 0 aliphatic heterocycles. The van der Waals surface area contributed by atoms with Crippen molar-refractivity contribution in [1.82, 2.24) is 9.55 Å². The van der Waals surface area contributed by atoms with Crippen molar-refractivity contribution in [2.45, 2.75) is 10.6 Å².